The predicted octanol–water partition coefficient (Wildman–Crippen LogP) is 3.61. The number of halogens is 1. The lowest BCUT2D eigenvalue weighted by Crippen LogP contribution is -1.84. The molecular formula is C10H11ClN2S. The quantitative estimate of drug-likeness (QED) is 0.804. The van der Waals surface area contributed by atoms with Crippen molar-refractivity contribution in [2.24, 2.45) is 0 Å². The van der Waals surface area contributed by atoms with Crippen molar-refractivity contribution >= 4 is 38.3 Å². The second-order valence-corrected chi connectivity index (χ2v) is 4.65. The summed E-state index contributed by atoms with van der Waals surface area (Å²) in [6.45, 7) is 4.17. The maximum absolute atomic E-state index is 6.12. The van der Waals surface area contributed by atoms with Crippen molar-refractivity contribution in [3.05, 3.63) is 22.2 Å². The average Bonchev–Trinajstić information content (AvgIpc) is 2.58. The number of nitrogens with zero attached hydrogens (tertiary/aromatic N) is 1. The minimum atomic E-state index is 0.737. The molecule has 14 heavy (non-hydrogen) atoms. The van der Waals surface area contributed by atoms with E-state index in [0.29, 0.717) is 0 Å². The van der Waals surface area contributed by atoms with Crippen LogP contribution < -0.4 is 5.32 Å². The van der Waals surface area contributed by atoms with Gasteiger partial charge < -0.3 is 5.32 Å². The Labute approximate surface area is 91.9 Å². The van der Waals surface area contributed by atoms with Gasteiger partial charge in [-0.1, -0.05) is 22.9 Å². The van der Waals surface area contributed by atoms with Crippen LogP contribution in [-0.2, 0) is 0 Å². The van der Waals surface area contributed by atoms with E-state index in [2.05, 4.69) is 24.1 Å². The van der Waals surface area contributed by atoms with Gasteiger partial charge in [-0.2, -0.15) is 0 Å². The highest BCUT2D eigenvalue weighted by Crippen LogP contribution is 2.34. The molecule has 1 aromatic heterocycles. The number of anilines is 1. The van der Waals surface area contributed by atoms with Crippen molar-refractivity contribution in [3.63, 3.8) is 0 Å². The summed E-state index contributed by atoms with van der Waals surface area (Å²) in [6.07, 6.45) is 0. The molecule has 0 aliphatic rings. The van der Waals surface area contributed by atoms with Crippen molar-refractivity contribution in [1.82, 2.24) is 4.98 Å². The molecule has 0 fully saturated rings. The summed E-state index contributed by atoms with van der Waals surface area (Å²) in [4.78, 5) is 4.41. The van der Waals surface area contributed by atoms with E-state index in [1.807, 2.05) is 13.1 Å². The molecule has 0 aliphatic heterocycles. The molecule has 2 nitrogen and oxygen atoms in total. The molecule has 0 atom stereocenters. The van der Waals surface area contributed by atoms with E-state index in [-0.39, 0.29) is 0 Å². The van der Waals surface area contributed by atoms with E-state index >= 15 is 0 Å². The summed E-state index contributed by atoms with van der Waals surface area (Å²) in [6, 6.07) is 1.97. The summed E-state index contributed by atoms with van der Waals surface area (Å²) >= 11 is 7.77. The average molecular weight is 227 g/mol. The molecule has 0 saturated carbocycles. The largest absolute Gasteiger partial charge is 0.365 e. The molecule has 0 unspecified atom stereocenters. The van der Waals surface area contributed by atoms with E-state index in [1.165, 1.54) is 15.8 Å². The highest BCUT2D eigenvalue weighted by molar-refractivity contribution is 7.22. The van der Waals surface area contributed by atoms with Crippen LogP contribution >= 0.6 is 22.9 Å². The Balaban J connectivity index is 2.84. The topological polar surface area (TPSA) is 24.9 Å². The van der Waals surface area contributed by atoms with Gasteiger partial charge in [-0.15, -0.1) is 0 Å². The fourth-order valence-corrected chi connectivity index (χ4v) is 2.74. The van der Waals surface area contributed by atoms with Crippen molar-refractivity contribution in [2.45, 2.75) is 13.8 Å². The maximum Gasteiger partial charge on any atom is 0.183 e. The first-order valence-electron chi connectivity index (χ1n) is 4.37. The smallest absolute Gasteiger partial charge is 0.183 e. The first kappa shape index (κ1) is 9.74. The van der Waals surface area contributed by atoms with Gasteiger partial charge in [0.05, 0.1) is 9.72 Å². The Kier molecular flexibility index (Phi) is 2.37. The van der Waals surface area contributed by atoms with Crippen molar-refractivity contribution in [1.29, 1.82) is 0 Å². The van der Waals surface area contributed by atoms with E-state index in [4.69, 9.17) is 11.6 Å². The van der Waals surface area contributed by atoms with Gasteiger partial charge >= 0.3 is 0 Å². The Hall–Kier alpha value is -0.800. The molecule has 2 rings (SSSR count). The fraction of sp³-hybridized carbons (Fsp3) is 0.300. The van der Waals surface area contributed by atoms with Gasteiger partial charge in [0.15, 0.2) is 5.13 Å². The summed E-state index contributed by atoms with van der Waals surface area (Å²) in [5, 5.41) is 4.69. The van der Waals surface area contributed by atoms with Crippen molar-refractivity contribution in [3.8, 4) is 0 Å². The summed E-state index contributed by atoms with van der Waals surface area (Å²) in [7, 11) is 1.87. The highest BCUT2D eigenvalue weighted by Gasteiger charge is 2.10. The Bertz CT molecular complexity index is 490. The molecule has 2 aromatic rings. The van der Waals surface area contributed by atoms with Gasteiger partial charge in [-0.3, -0.25) is 0 Å². The lowest BCUT2D eigenvalue weighted by atomic mass is 10.1. The molecule has 0 saturated heterocycles. The van der Waals surface area contributed by atoms with Gasteiger partial charge in [0.1, 0.15) is 5.52 Å². The van der Waals surface area contributed by atoms with Gasteiger partial charge in [0, 0.05) is 7.05 Å². The number of hydrogen-bond acceptors (Lipinski definition) is 3. The molecule has 0 radical (unpaired) electrons. The van der Waals surface area contributed by atoms with Crippen LogP contribution in [0.5, 0.6) is 0 Å². The molecule has 4 heteroatoms. The van der Waals surface area contributed by atoms with Crippen LogP contribution in [0.3, 0.4) is 0 Å². The summed E-state index contributed by atoms with van der Waals surface area (Å²) in [5.74, 6) is 0. The van der Waals surface area contributed by atoms with Crippen LogP contribution in [0.4, 0.5) is 5.13 Å². The minimum absolute atomic E-state index is 0.737. The molecular weight excluding hydrogens is 216 g/mol. The molecule has 1 aromatic carbocycles. The Morgan fingerprint density at radius 3 is 2.79 bits per heavy atom. The molecule has 1 N–H and O–H groups in total. The molecule has 1 heterocycles. The SMILES string of the molecule is CNc1nc2c(Cl)cc(C)c(C)c2s1. The first-order chi connectivity index (χ1) is 6.63. The minimum Gasteiger partial charge on any atom is -0.365 e. The van der Waals surface area contributed by atoms with Gasteiger partial charge in [-0.25, -0.2) is 4.98 Å². The fourth-order valence-electron chi connectivity index (χ4n) is 1.39. The number of fused-ring (bicyclic) bond motifs is 1. The van der Waals surface area contributed by atoms with Crippen LogP contribution in [0.25, 0.3) is 10.2 Å². The lowest BCUT2D eigenvalue weighted by Gasteiger charge is -2.01. The van der Waals surface area contributed by atoms with Gasteiger partial charge in [-0.05, 0) is 31.0 Å². The zero-order valence-corrected chi connectivity index (χ0v) is 9.88. The van der Waals surface area contributed by atoms with Crippen LogP contribution in [0.1, 0.15) is 11.1 Å². The second-order valence-electron chi connectivity index (χ2n) is 3.25. The Morgan fingerprint density at radius 1 is 1.43 bits per heavy atom. The molecule has 0 aliphatic carbocycles. The summed E-state index contributed by atoms with van der Waals surface area (Å²) in [5.41, 5.74) is 3.39. The van der Waals surface area contributed by atoms with E-state index < -0.39 is 0 Å². The number of benzene rings is 1. The standard InChI is InChI=1S/C10H11ClN2S/c1-5-4-7(11)8-9(6(5)2)14-10(12-3)13-8/h4H,1-3H3,(H,12,13). The molecule has 0 amide bonds. The van der Waals surface area contributed by atoms with Crippen LogP contribution in [0.15, 0.2) is 6.07 Å². The van der Waals surface area contributed by atoms with Gasteiger partial charge in [0.25, 0.3) is 0 Å². The molecule has 0 bridgehead atoms. The number of aryl methyl sites for hydroxylation is 2. The normalized spacial score (nSPS) is 10.9. The zero-order chi connectivity index (χ0) is 10.3. The lowest BCUT2D eigenvalue weighted by molar-refractivity contribution is 1.37. The third-order valence-corrected chi connectivity index (χ3v) is 3.82. The number of rotatable bonds is 1. The number of nitrogens with one attached hydrogen (secondary N) is 1. The molecule has 74 valence electrons. The van der Waals surface area contributed by atoms with E-state index in [0.717, 1.165) is 15.7 Å². The van der Waals surface area contributed by atoms with E-state index in [1.54, 1.807) is 11.3 Å². The van der Waals surface area contributed by atoms with Crippen LogP contribution in [0, 0.1) is 13.8 Å². The third-order valence-electron chi connectivity index (χ3n) is 2.34. The van der Waals surface area contributed by atoms with Crippen molar-refractivity contribution < 1.29 is 0 Å². The van der Waals surface area contributed by atoms with Crippen LogP contribution in [-0.4, -0.2) is 12.0 Å². The maximum atomic E-state index is 6.12. The number of hydrogen-bond donors (Lipinski definition) is 1. The first-order valence-corrected chi connectivity index (χ1v) is 5.57. The van der Waals surface area contributed by atoms with Crippen LogP contribution in [0.2, 0.25) is 5.02 Å². The zero-order valence-electron chi connectivity index (χ0n) is 8.31. The van der Waals surface area contributed by atoms with Crippen molar-refractivity contribution in [2.75, 3.05) is 12.4 Å². The highest BCUT2D eigenvalue weighted by atomic mass is 35.5. The molecule has 0 spiro atoms. The summed E-state index contributed by atoms with van der Waals surface area (Å²) < 4.78 is 1.18. The number of aromatic nitrogens is 1. The van der Waals surface area contributed by atoms with E-state index in [9.17, 15) is 0 Å². The second kappa shape index (κ2) is 3.41. The third kappa shape index (κ3) is 1.37. The number of thiazole rings is 1. The Morgan fingerprint density at radius 2 is 2.14 bits per heavy atom. The predicted molar refractivity (Wildman–Crippen MR) is 63.7 cm³/mol. The van der Waals surface area contributed by atoms with Gasteiger partial charge in [0.2, 0.25) is 0 Å². The monoisotopic (exact) mass is 226 g/mol.